The van der Waals surface area contributed by atoms with Crippen LogP contribution in [-0.4, -0.2) is 25.8 Å². The highest BCUT2D eigenvalue weighted by Gasteiger charge is 2.08. The summed E-state index contributed by atoms with van der Waals surface area (Å²) in [5, 5.41) is 3.51. The molecule has 0 aliphatic carbocycles. The predicted octanol–water partition coefficient (Wildman–Crippen LogP) is 3.24. The zero-order chi connectivity index (χ0) is 13.4. The van der Waals surface area contributed by atoms with Crippen LogP contribution in [-0.2, 0) is 0 Å². The molecule has 0 radical (unpaired) electrons. The Morgan fingerprint density at radius 2 is 1.83 bits per heavy atom. The molecule has 0 aliphatic heterocycles. The van der Waals surface area contributed by atoms with E-state index in [-0.39, 0.29) is 6.10 Å². The summed E-state index contributed by atoms with van der Waals surface area (Å²) in [6, 6.07) is 8.31. The summed E-state index contributed by atoms with van der Waals surface area (Å²) in [6.07, 6.45) is 2.46. The van der Waals surface area contributed by atoms with E-state index in [2.05, 4.69) is 26.1 Å². The monoisotopic (exact) mass is 251 g/mol. The van der Waals surface area contributed by atoms with Gasteiger partial charge in [0.15, 0.2) is 0 Å². The number of benzene rings is 1. The van der Waals surface area contributed by atoms with E-state index in [1.165, 1.54) is 0 Å². The van der Waals surface area contributed by atoms with Gasteiger partial charge < -0.3 is 14.8 Å². The van der Waals surface area contributed by atoms with Crippen LogP contribution in [0.2, 0.25) is 0 Å². The third-order valence-corrected chi connectivity index (χ3v) is 3.06. The molecule has 0 amide bonds. The summed E-state index contributed by atoms with van der Waals surface area (Å²) in [5.74, 6) is 1.68. The molecule has 3 heteroatoms. The van der Waals surface area contributed by atoms with Crippen LogP contribution in [0.25, 0.3) is 0 Å². The molecule has 102 valence electrons. The van der Waals surface area contributed by atoms with Crippen molar-refractivity contribution in [3.05, 3.63) is 24.3 Å². The Balaban J connectivity index is 2.41. The summed E-state index contributed by atoms with van der Waals surface area (Å²) in [5.41, 5.74) is 0. The van der Waals surface area contributed by atoms with Gasteiger partial charge in [0.25, 0.3) is 0 Å². The van der Waals surface area contributed by atoms with Crippen LogP contribution < -0.4 is 14.8 Å². The van der Waals surface area contributed by atoms with E-state index in [1.54, 1.807) is 7.11 Å². The molecule has 1 rings (SSSR count). The van der Waals surface area contributed by atoms with E-state index in [0.717, 1.165) is 30.9 Å². The number of ether oxygens (including phenoxy) is 2. The van der Waals surface area contributed by atoms with Gasteiger partial charge >= 0.3 is 0 Å². The van der Waals surface area contributed by atoms with Crippen molar-refractivity contribution in [2.24, 2.45) is 0 Å². The van der Waals surface area contributed by atoms with Crippen molar-refractivity contribution < 1.29 is 9.47 Å². The third-order valence-electron chi connectivity index (χ3n) is 3.06. The van der Waals surface area contributed by atoms with Crippen molar-refractivity contribution in [2.75, 3.05) is 13.7 Å². The van der Waals surface area contributed by atoms with Crippen molar-refractivity contribution in [3.63, 3.8) is 0 Å². The number of hydrogen-bond donors (Lipinski definition) is 1. The molecule has 0 saturated carbocycles. The summed E-state index contributed by atoms with van der Waals surface area (Å²) in [7, 11) is 1.66. The zero-order valence-corrected chi connectivity index (χ0v) is 11.9. The van der Waals surface area contributed by atoms with E-state index >= 15 is 0 Å². The Kier molecular flexibility index (Phi) is 6.58. The molecule has 1 atom stereocenters. The number of rotatable bonds is 8. The molecule has 0 fully saturated rings. The van der Waals surface area contributed by atoms with E-state index in [9.17, 15) is 0 Å². The molecule has 0 heterocycles. The number of methoxy groups -OCH3 is 1. The van der Waals surface area contributed by atoms with Crippen molar-refractivity contribution in [1.29, 1.82) is 0 Å². The Bertz CT molecular complexity index is 337. The molecule has 1 unspecified atom stereocenters. The third kappa shape index (κ3) is 4.96. The fourth-order valence-electron chi connectivity index (χ4n) is 1.86. The van der Waals surface area contributed by atoms with E-state index in [4.69, 9.17) is 9.47 Å². The molecule has 1 N–H and O–H groups in total. The standard InChI is InChI=1S/C15H25NO2/c1-5-13(6-2)16-11-12(3)18-15-9-7-8-14(10-15)17-4/h7-10,12-13,16H,5-6,11H2,1-4H3. The van der Waals surface area contributed by atoms with Crippen LogP contribution >= 0.6 is 0 Å². The van der Waals surface area contributed by atoms with Crippen LogP contribution in [0.15, 0.2) is 24.3 Å². The first-order chi connectivity index (χ1) is 8.69. The maximum Gasteiger partial charge on any atom is 0.123 e. The van der Waals surface area contributed by atoms with Crippen molar-refractivity contribution in [3.8, 4) is 11.5 Å². The summed E-state index contributed by atoms with van der Waals surface area (Å²) in [4.78, 5) is 0. The van der Waals surface area contributed by atoms with Crippen LogP contribution in [0.3, 0.4) is 0 Å². The predicted molar refractivity (Wildman–Crippen MR) is 75.5 cm³/mol. The van der Waals surface area contributed by atoms with E-state index in [1.807, 2.05) is 24.3 Å². The molecule has 0 aliphatic rings. The Hall–Kier alpha value is -1.22. The lowest BCUT2D eigenvalue weighted by atomic mass is 10.1. The van der Waals surface area contributed by atoms with Crippen LogP contribution in [0.5, 0.6) is 11.5 Å². The van der Waals surface area contributed by atoms with Crippen molar-refractivity contribution >= 4 is 0 Å². The topological polar surface area (TPSA) is 30.5 Å². The number of nitrogens with one attached hydrogen (secondary N) is 1. The smallest absolute Gasteiger partial charge is 0.123 e. The Morgan fingerprint density at radius 1 is 1.17 bits per heavy atom. The zero-order valence-electron chi connectivity index (χ0n) is 11.9. The van der Waals surface area contributed by atoms with Crippen LogP contribution in [0.4, 0.5) is 0 Å². The summed E-state index contributed by atoms with van der Waals surface area (Å²) >= 11 is 0. The van der Waals surface area contributed by atoms with Gasteiger partial charge in [0.05, 0.1) is 7.11 Å². The van der Waals surface area contributed by atoms with Gasteiger partial charge in [-0.15, -0.1) is 0 Å². The molecule has 18 heavy (non-hydrogen) atoms. The second-order valence-electron chi connectivity index (χ2n) is 4.53. The first kappa shape index (κ1) is 14.8. The van der Waals surface area contributed by atoms with Crippen molar-refractivity contribution in [1.82, 2.24) is 5.32 Å². The molecule has 0 spiro atoms. The first-order valence-corrected chi connectivity index (χ1v) is 6.73. The van der Waals surface area contributed by atoms with Gasteiger partial charge in [-0.05, 0) is 31.9 Å². The quantitative estimate of drug-likeness (QED) is 0.769. The SMILES string of the molecule is CCC(CC)NCC(C)Oc1cccc(OC)c1. The molecule has 0 bridgehead atoms. The Morgan fingerprint density at radius 3 is 2.44 bits per heavy atom. The van der Waals surface area contributed by atoms with Gasteiger partial charge in [-0.25, -0.2) is 0 Å². The van der Waals surface area contributed by atoms with Gasteiger partial charge in [-0.3, -0.25) is 0 Å². The highest BCUT2D eigenvalue weighted by atomic mass is 16.5. The highest BCUT2D eigenvalue weighted by Crippen LogP contribution is 2.19. The minimum Gasteiger partial charge on any atom is -0.497 e. The lowest BCUT2D eigenvalue weighted by Gasteiger charge is -2.20. The minimum atomic E-state index is 0.151. The van der Waals surface area contributed by atoms with Crippen LogP contribution in [0, 0.1) is 0 Å². The second-order valence-corrected chi connectivity index (χ2v) is 4.53. The average molecular weight is 251 g/mol. The normalized spacial score (nSPS) is 12.5. The van der Waals surface area contributed by atoms with Gasteiger partial charge in [-0.1, -0.05) is 19.9 Å². The second kappa shape index (κ2) is 7.98. The molecule has 0 saturated heterocycles. The maximum absolute atomic E-state index is 5.85. The molecule has 1 aromatic carbocycles. The van der Waals surface area contributed by atoms with Crippen LogP contribution in [0.1, 0.15) is 33.6 Å². The minimum absolute atomic E-state index is 0.151. The lowest BCUT2D eigenvalue weighted by molar-refractivity contribution is 0.209. The summed E-state index contributed by atoms with van der Waals surface area (Å²) < 4.78 is 11.0. The fourth-order valence-corrected chi connectivity index (χ4v) is 1.86. The Labute approximate surface area is 110 Å². The van der Waals surface area contributed by atoms with E-state index in [0.29, 0.717) is 6.04 Å². The van der Waals surface area contributed by atoms with Gasteiger partial charge in [0, 0.05) is 18.7 Å². The fraction of sp³-hybridized carbons (Fsp3) is 0.600. The molecular formula is C15H25NO2. The van der Waals surface area contributed by atoms with Crippen molar-refractivity contribution in [2.45, 2.75) is 45.8 Å². The number of hydrogen-bond acceptors (Lipinski definition) is 3. The van der Waals surface area contributed by atoms with Gasteiger partial charge in [0.2, 0.25) is 0 Å². The molecule has 3 nitrogen and oxygen atoms in total. The van der Waals surface area contributed by atoms with E-state index < -0.39 is 0 Å². The molecular weight excluding hydrogens is 226 g/mol. The average Bonchev–Trinajstić information content (AvgIpc) is 2.40. The van der Waals surface area contributed by atoms with Gasteiger partial charge in [-0.2, -0.15) is 0 Å². The largest absolute Gasteiger partial charge is 0.497 e. The molecule has 1 aromatic rings. The maximum atomic E-state index is 5.85. The molecule has 0 aromatic heterocycles. The highest BCUT2D eigenvalue weighted by molar-refractivity contribution is 5.32. The lowest BCUT2D eigenvalue weighted by Crippen LogP contribution is -2.36. The first-order valence-electron chi connectivity index (χ1n) is 6.73. The van der Waals surface area contributed by atoms with Gasteiger partial charge in [0.1, 0.15) is 17.6 Å². The summed E-state index contributed by atoms with van der Waals surface area (Å²) in [6.45, 7) is 7.35.